The molecule has 0 bridgehead atoms. The molecule has 1 aromatic rings. The quantitative estimate of drug-likeness (QED) is 0.930. The molecule has 1 aliphatic rings. The molecule has 110 valence electrons. The lowest BCUT2D eigenvalue weighted by Gasteiger charge is -2.22. The van der Waals surface area contributed by atoms with E-state index in [1.165, 1.54) is 6.07 Å². The van der Waals surface area contributed by atoms with Gasteiger partial charge in [0.2, 0.25) is 0 Å². The first-order valence-electron chi connectivity index (χ1n) is 6.11. The second-order valence-electron chi connectivity index (χ2n) is 4.77. The van der Waals surface area contributed by atoms with Crippen molar-refractivity contribution >= 4 is 17.6 Å². The van der Waals surface area contributed by atoms with Gasteiger partial charge >= 0.3 is 12.1 Å². The van der Waals surface area contributed by atoms with Gasteiger partial charge in [0.05, 0.1) is 5.56 Å². The number of carboxylic acid groups (broad SMARTS) is 1. The largest absolute Gasteiger partial charge is 0.480 e. The molecule has 0 radical (unpaired) electrons. The van der Waals surface area contributed by atoms with Crippen LogP contribution in [-0.2, 0) is 17.5 Å². The van der Waals surface area contributed by atoms with Gasteiger partial charge in [0.1, 0.15) is 6.04 Å². The first-order valence-corrected chi connectivity index (χ1v) is 6.49. The summed E-state index contributed by atoms with van der Waals surface area (Å²) in [4.78, 5) is 12.7. The molecule has 7 heteroatoms. The van der Waals surface area contributed by atoms with Crippen LogP contribution in [0.25, 0.3) is 0 Å². The lowest BCUT2D eigenvalue weighted by molar-refractivity contribution is -0.142. The highest BCUT2D eigenvalue weighted by atomic mass is 35.5. The van der Waals surface area contributed by atoms with Gasteiger partial charge in [-0.15, -0.1) is 0 Å². The van der Waals surface area contributed by atoms with Crippen molar-refractivity contribution in [1.29, 1.82) is 0 Å². The summed E-state index contributed by atoms with van der Waals surface area (Å²) in [5.41, 5.74) is -0.474. The number of benzene rings is 1. The number of likely N-dealkylation sites (tertiary alicyclic amines) is 1. The van der Waals surface area contributed by atoms with Crippen LogP contribution in [0.2, 0.25) is 5.02 Å². The Labute approximate surface area is 118 Å². The number of carboxylic acids is 1. The van der Waals surface area contributed by atoms with Crippen LogP contribution in [0, 0.1) is 0 Å². The van der Waals surface area contributed by atoms with Gasteiger partial charge in [-0.05, 0) is 43.1 Å². The fourth-order valence-corrected chi connectivity index (χ4v) is 2.56. The highest BCUT2D eigenvalue weighted by Gasteiger charge is 2.33. The summed E-state index contributed by atoms with van der Waals surface area (Å²) in [5, 5.41) is 9.28. The van der Waals surface area contributed by atoms with Crippen molar-refractivity contribution in [1.82, 2.24) is 4.90 Å². The van der Waals surface area contributed by atoms with Gasteiger partial charge in [-0.2, -0.15) is 13.2 Å². The Morgan fingerprint density at radius 3 is 2.75 bits per heavy atom. The van der Waals surface area contributed by atoms with E-state index in [1.807, 2.05) is 0 Å². The lowest BCUT2D eigenvalue weighted by Crippen LogP contribution is -2.35. The Kier molecular flexibility index (Phi) is 4.25. The number of aliphatic carboxylic acids is 1. The molecule has 0 saturated carbocycles. The van der Waals surface area contributed by atoms with Crippen molar-refractivity contribution in [2.75, 3.05) is 6.54 Å². The molecule has 1 atom stereocenters. The minimum Gasteiger partial charge on any atom is -0.480 e. The summed E-state index contributed by atoms with van der Waals surface area (Å²) >= 11 is 5.91. The van der Waals surface area contributed by atoms with Crippen LogP contribution in [0.4, 0.5) is 13.2 Å². The third-order valence-corrected chi connectivity index (χ3v) is 3.76. The Bertz CT molecular complexity index is 519. The molecular formula is C13H13ClF3NO2. The second kappa shape index (κ2) is 5.61. The molecule has 1 N–H and O–H groups in total. The second-order valence-corrected chi connectivity index (χ2v) is 5.18. The number of nitrogens with zero attached hydrogens (tertiary/aromatic N) is 1. The fraction of sp³-hybridized carbons (Fsp3) is 0.462. The molecular weight excluding hydrogens is 295 g/mol. The summed E-state index contributed by atoms with van der Waals surface area (Å²) in [6.07, 6.45) is -3.21. The van der Waals surface area contributed by atoms with E-state index in [0.29, 0.717) is 24.9 Å². The third kappa shape index (κ3) is 3.24. The van der Waals surface area contributed by atoms with E-state index < -0.39 is 23.8 Å². The topological polar surface area (TPSA) is 40.5 Å². The molecule has 0 spiro atoms. The molecule has 2 rings (SSSR count). The summed E-state index contributed by atoms with van der Waals surface area (Å²) in [5.74, 6) is -0.953. The van der Waals surface area contributed by atoms with Gasteiger partial charge in [0, 0.05) is 11.6 Å². The molecule has 0 aliphatic carbocycles. The summed E-state index contributed by atoms with van der Waals surface area (Å²) in [6, 6.07) is 2.45. The van der Waals surface area contributed by atoms with Crippen LogP contribution in [0.15, 0.2) is 18.2 Å². The molecule has 1 fully saturated rings. The highest BCUT2D eigenvalue weighted by molar-refractivity contribution is 6.31. The maximum absolute atomic E-state index is 12.7. The number of hydrogen-bond acceptors (Lipinski definition) is 2. The summed E-state index contributed by atoms with van der Waals surface area (Å²) < 4.78 is 38.0. The third-order valence-electron chi connectivity index (χ3n) is 3.40. The van der Waals surface area contributed by atoms with Crippen LogP contribution < -0.4 is 0 Å². The molecule has 20 heavy (non-hydrogen) atoms. The Balaban J connectivity index is 2.22. The van der Waals surface area contributed by atoms with Gasteiger partial charge in [0.15, 0.2) is 0 Å². The summed E-state index contributed by atoms with van der Waals surface area (Å²) in [7, 11) is 0. The lowest BCUT2D eigenvalue weighted by atomic mass is 10.1. The monoisotopic (exact) mass is 307 g/mol. The Morgan fingerprint density at radius 1 is 1.45 bits per heavy atom. The maximum atomic E-state index is 12.7. The first-order chi connectivity index (χ1) is 9.29. The molecule has 1 aliphatic heterocycles. The molecule has 1 heterocycles. The van der Waals surface area contributed by atoms with Crippen molar-refractivity contribution in [3.8, 4) is 0 Å². The average molecular weight is 308 g/mol. The van der Waals surface area contributed by atoms with Gasteiger partial charge in [-0.3, -0.25) is 9.69 Å². The van der Waals surface area contributed by atoms with Crippen LogP contribution in [-0.4, -0.2) is 28.6 Å². The van der Waals surface area contributed by atoms with Gasteiger partial charge in [-0.25, -0.2) is 0 Å². The van der Waals surface area contributed by atoms with Crippen molar-refractivity contribution in [2.45, 2.75) is 31.6 Å². The number of carbonyl (C=O) groups is 1. The molecule has 0 amide bonds. The normalized spacial score (nSPS) is 20.3. The van der Waals surface area contributed by atoms with E-state index in [0.717, 1.165) is 12.1 Å². The number of rotatable bonds is 3. The van der Waals surface area contributed by atoms with Crippen molar-refractivity contribution in [3.63, 3.8) is 0 Å². The number of hydrogen-bond donors (Lipinski definition) is 1. The number of halogens is 4. The van der Waals surface area contributed by atoms with Crippen molar-refractivity contribution in [3.05, 3.63) is 34.3 Å². The minimum atomic E-state index is -4.43. The zero-order valence-electron chi connectivity index (χ0n) is 10.5. The van der Waals surface area contributed by atoms with E-state index in [9.17, 15) is 18.0 Å². The van der Waals surface area contributed by atoms with Crippen molar-refractivity contribution < 1.29 is 23.1 Å². The standard InChI is InChI=1S/C13H13ClF3NO2/c14-10-4-3-9(13(15,16)17)6-8(10)7-18-5-1-2-11(18)12(19)20/h3-4,6,11H,1-2,5,7H2,(H,19,20)/t11-/m0/s1. The van der Waals surface area contributed by atoms with Crippen LogP contribution in [0.3, 0.4) is 0 Å². The van der Waals surface area contributed by atoms with E-state index in [4.69, 9.17) is 16.7 Å². The fourth-order valence-electron chi connectivity index (χ4n) is 2.39. The Hall–Kier alpha value is -1.27. The zero-order chi connectivity index (χ0) is 14.9. The predicted octanol–water partition coefficient (Wildman–Crippen LogP) is 3.41. The highest BCUT2D eigenvalue weighted by Crippen LogP contribution is 2.33. The average Bonchev–Trinajstić information content (AvgIpc) is 2.78. The zero-order valence-corrected chi connectivity index (χ0v) is 11.2. The molecule has 0 aromatic heterocycles. The molecule has 1 aromatic carbocycles. The number of alkyl halides is 3. The van der Waals surface area contributed by atoms with E-state index >= 15 is 0 Å². The van der Waals surface area contributed by atoms with Gasteiger partial charge in [-0.1, -0.05) is 11.6 Å². The van der Waals surface area contributed by atoms with Gasteiger partial charge in [0.25, 0.3) is 0 Å². The van der Waals surface area contributed by atoms with Crippen molar-refractivity contribution in [2.24, 2.45) is 0 Å². The minimum absolute atomic E-state index is 0.111. The maximum Gasteiger partial charge on any atom is 0.416 e. The smallest absolute Gasteiger partial charge is 0.416 e. The van der Waals surface area contributed by atoms with E-state index in [-0.39, 0.29) is 11.6 Å². The molecule has 1 saturated heterocycles. The SMILES string of the molecule is O=C(O)[C@@H]1CCCN1Cc1cc(C(F)(F)F)ccc1Cl. The van der Waals surface area contributed by atoms with Crippen LogP contribution in [0.5, 0.6) is 0 Å². The van der Waals surface area contributed by atoms with Crippen LogP contribution in [0.1, 0.15) is 24.0 Å². The van der Waals surface area contributed by atoms with E-state index in [2.05, 4.69) is 0 Å². The molecule has 3 nitrogen and oxygen atoms in total. The molecule has 0 unspecified atom stereocenters. The Morgan fingerprint density at radius 2 is 2.15 bits per heavy atom. The predicted molar refractivity (Wildman–Crippen MR) is 67.5 cm³/mol. The first kappa shape index (κ1) is 15.1. The van der Waals surface area contributed by atoms with Crippen LogP contribution >= 0.6 is 11.6 Å². The summed E-state index contributed by atoms with van der Waals surface area (Å²) in [6.45, 7) is 0.656. The van der Waals surface area contributed by atoms with E-state index in [1.54, 1.807) is 4.90 Å². The van der Waals surface area contributed by atoms with Gasteiger partial charge < -0.3 is 5.11 Å².